The van der Waals surface area contributed by atoms with Crippen molar-refractivity contribution in [2.75, 3.05) is 5.73 Å². The van der Waals surface area contributed by atoms with Crippen molar-refractivity contribution in [3.05, 3.63) is 34.9 Å². The molecule has 2 heterocycles. The molecule has 0 atom stereocenters. The van der Waals surface area contributed by atoms with E-state index in [-0.39, 0.29) is 0 Å². The van der Waals surface area contributed by atoms with Gasteiger partial charge in [0.05, 0.1) is 11.7 Å². The number of anilines is 1. The molecule has 0 saturated heterocycles. The molecule has 3 nitrogen and oxygen atoms in total. The molecule has 0 saturated carbocycles. The average Bonchev–Trinajstić information content (AvgIpc) is 2.52. The van der Waals surface area contributed by atoms with Gasteiger partial charge in [0.15, 0.2) is 0 Å². The molecule has 0 aliphatic rings. The van der Waals surface area contributed by atoms with Crippen LogP contribution in [0.2, 0.25) is 0 Å². The molecule has 16 heavy (non-hydrogen) atoms. The van der Waals surface area contributed by atoms with Crippen LogP contribution in [0.15, 0.2) is 34.9 Å². The number of nitrogens with two attached hydrogens (primary N) is 1. The van der Waals surface area contributed by atoms with Crippen LogP contribution >= 0.6 is 15.9 Å². The van der Waals surface area contributed by atoms with E-state index < -0.39 is 0 Å². The highest BCUT2D eigenvalue weighted by Gasteiger charge is 2.08. The van der Waals surface area contributed by atoms with Crippen molar-refractivity contribution in [2.45, 2.75) is 0 Å². The summed E-state index contributed by atoms with van der Waals surface area (Å²) in [6.45, 7) is 0. The Hall–Kier alpha value is -1.55. The standard InChI is InChI=1S/C12H10BrN3/c1-16-10-3-2-7(13)4-8(10)9-5-12(14)15-6-11(9)16/h2-6H,1H3,(H2,14,15). The first-order valence-corrected chi connectivity index (χ1v) is 5.75. The molecule has 0 amide bonds. The van der Waals surface area contributed by atoms with E-state index in [1.807, 2.05) is 25.4 Å². The van der Waals surface area contributed by atoms with E-state index in [1.54, 1.807) is 0 Å². The van der Waals surface area contributed by atoms with Gasteiger partial charge in [0.1, 0.15) is 5.82 Å². The summed E-state index contributed by atoms with van der Waals surface area (Å²) < 4.78 is 3.20. The number of halogens is 1. The molecular formula is C12H10BrN3. The summed E-state index contributed by atoms with van der Waals surface area (Å²) in [4.78, 5) is 4.13. The van der Waals surface area contributed by atoms with E-state index in [0.29, 0.717) is 5.82 Å². The van der Waals surface area contributed by atoms with Gasteiger partial charge in [0.25, 0.3) is 0 Å². The second-order valence-corrected chi connectivity index (χ2v) is 4.76. The summed E-state index contributed by atoms with van der Waals surface area (Å²) in [5, 5.41) is 2.34. The zero-order valence-electron chi connectivity index (χ0n) is 8.74. The lowest BCUT2D eigenvalue weighted by atomic mass is 10.2. The van der Waals surface area contributed by atoms with Gasteiger partial charge in [-0.3, -0.25) is 0 Å². The Morgan fingerprint density at radius 3 is 2.75 bits per heavy atom. The highest BCUT2D eigenvalue weighted by atomic mass is 79.9. The fraction of sp³-hybridized carbons (Fsp3) is 0.0833. The van der Waals surface area contributed by atoms with Gasteiger partial charge >= 0.3 is 0 Å². The van der Waals surface area contributed by atoms with Crippen LogP contribution in [0.25, 0.3) is 21.8 Å². The number of rotatable bonds is 0. The zero-order chi connectivity index (χ0) is 11.3. The van der Waals surface area contributed by atoms with E-state index in [2.05, 4.69) is 37.6 Å². The van der Waals surface area contributed by atoms with E-state index in [0.717, 1.165) is 15.4 Å². The van der Waals surface area contributed by atoms with Crippen LogP contribution in [-0.4, -0.2) is 9.55 Å². The Labute approximate surface area is 101 Å². The van der Waals surface area contributed by atoms with Crippen LogP contribution in [0.5, 0.6) is 0 Å². The molecule has 2 aromatic heterocycles. The number of benzene rings is 1. The minimum atomic E-state index is 0.556. The van der Waals surface area contributed by atoms with Crippen molar-refractivity contribution < 1.29 is 0 Å². The van der Waals surface area contributed by atoms with Crippen LogP contribution in [0, 0.1) is 0 Å². The summed E-state index contributed by atoms with van der Waals surface area (Å²) in [6, 6.07) is 8.16. The number of nitrogen functional groups attached to an aromatic ring is 1. The number of nitrogens with zero attached hydrogens (tertiary/aromatic N) is 2. The van der Waals surface area contributed by atoms with Crippen molar-refractivity contribution >= 4 is 43.6 Å². The van der Waals surface area contributed by atoms with Gasteiger partial charge in [0, 0.05) is 27.8 Å². The normalized spacial score (nSPS) is 11.4. The Morgan fingerprint density at radius 1 is 1.19 bits per heavy atom. The Morgan fingerprint density at radius 2 is 1.94 bits per heavy atom. The largest absolute Gasteiger partial charge is 0.384 e. The molecule has 3 rings (SSSR count). The third-order valence-electron chi connectivity index (χ3n) is 2.88. The fourth-order valence-corrected chi connectivity index (χ4v) is 2.45. The van der Waals surface area contributed by atoms with Gasteiger partial charge in [-0.05, 0) is 24.3 Å². The van der Waals surface area contributed by atoms with E-state index in [4.69, 9.17) is 5.73 Å². The van der Waals surface area contributed by atoms with Crippen molar-refractivity contribution in [1.29, 1.82) is 0 Å². The summed E-state index contributed by atoms with van der Waals surface area (Å²) in [7, 11) is 2.04. The molecular weight excluding hydrogens is 266 g/mol. The maximum Gasteiger partial charge on any atom is 0.124 e. The van der Waals surface area contributed by atoms with Crippen LogP contribution in [0.3, 0.4) is 0 Å². The van der Waals surface area contributed by atoms with Gasteiger partial charge in [0.2, 0.25) is 0 Å². The highest BCUT2D eigenvalue weighted by molar-refractivity contribution is 9.10. The molecule has 4 heteroatoms. The van der Waals surface area contributed by atoms with Crippen molar-refractivity contribution in [3.63, 3.8) is 0 Å². The van der Waals surface area contributed by atoms with Gasteiger partial charge in [-0.2, -0.15) is 0 Å². The van der Waals surface area contributed by atoms with E-state index in [1.165, 1.54) is 10.9 Å². The van der Waals surface area contributed by atoms with Crippen LogP contribution in [0.1, 0.15) is 0 Å². The van der Waals surface area contributed by atoms with Crippen molar-refractivity contribution in [1.82, 2.24) is 9.55 Å². The quantitative estimate of drug-likeness (QED) is 0.685. The average molecular weight is 276 g/mol. The SMILES string of the molecule is Cn1c2ccc(Br)cc2c2cc(N)ncc21. The summed E-state index contributed by atoms with van der Waals surface area (Å²) >= 11 is 3.49. The molecule has 2 N–H and O–H groups in total. The van der Waals surface area contributed by atoms with Crippen molar-refractivity contribution in [3.8, 4) is 0 Å². The lowest BCUT2D eigenvalue weighted by molar-refractivity contribution is 1.01. The summed E-state index contributed by atoms with van der Waals surface area (Å²) in [5.74, 6) is 0.556. The lowest BCUT2D eigenvalue weighted by Gasteiger charge is -1.97. The third kappa shape index (κ3) is 1.23. The Balaban J connectivity index is 2.60. The highest BCUT2D eigenvalue weighted by Crippen LogP contribution is 2.30. The molecule has 3 aromatic rings. The Kier molecular flexibility index (Phi) is 1.94. The minimum Gasteiger partial charge on any atom is -0.384 e. The summed E-state index contributed by atoms with van der Waals surface area (Å²) in [5.41, 5.74) is 8.02. The molecule has 0 aliphatic carbocycles. The first kappa shape index (κ1) is 9.66. The van der Waals surface area contributed by atoms with Crippen molar-refractivity contribution in [2.24, 2.45) is 7.05 Å². The molecule has 0 unspecified atom stereocenters. The topological polar surface area (TPSA) is 43.8 Å². The maximum absolute atomic E-state index is 5.73. The number of aromatic nitrogens is 2. The smallest absolute Gasteiger partial charge is 0.124 e. The molecule has 0 radical (unpaired) electrons. The monoisotopic (exact) mass is 275 g/mol. The number of aryl methyl sites for hydroxylation is 1. The number of hydrogen-bond donors (Lipinski definition) is 1. The van der Waals surface area contributed by atoms with Crippen LogP contribution in [0.4, 0.5) is 5.82 Å². The van der Waals surface area contributed by atoms with Gasteiger partial charge in [-0.15, -0.1) is 0 Å². The van der Waals surface area contributed by atoms with E-state index in [9.17, 15) is 0 Å². The van der Waals surface area contributed by atoms with Gasteiger partial charge in [-0.1, -0.05) is 15.9 Å². The predicted octanol–water partition coefficient (Wildman–Crippen LogP) is 3.07. The molecule has 0 aliphatic heterocycles. The maximum atomic E-state index is 5.73. The Bertz CT molecular complexity index is 641. The molecule has 0 spiro atoms. The van der Waals surface area contributed by atoms with Gasteiger partial charge in [-0.25, -0.2) is 4.98 Å². The molecule has 80 valence electrons. The van der Waals surface area contributed by atoms with Crippen LogP contribution < -0.4 is 5.73 Å². The molecule has 0 bridgehead atoms. The van der Waals surface area contributed by atoms with E-state index >= 15 is 0 Å². The number of pyridine rings is 1. The molecule has 1 aromatic carbocycles. The second-order valence-electron chi connectivity index (χ2n) is 3.85. The van der Waals surface area contributed by atoms with Crippen LogP contribution in [-0.2, 0) is 7.05 Å². The summed E-state index contributed by atoms with van der Waals surface area (Å²) in [6.07, 6.45) is 1.82. The zero-order valence-corrected chi connectivity index (χ0v) is 10.3. The number of fused-ring (bicyclic) bond motifs is 3. The molecule has 0 fully saturated rings. The minimum absolute atomic E-state index is 0.556. The second kappa shape index (κ2) is 3.22. The fourth-order valence-electron chi connectivity index (χ4n) is 2.09. The first-order valence-electron chi connectivity index (χ1n) is 4.96. The first-order chi connectivity index (χ1) is 7.66. The predicted molar refractivity (Wildman–Crippen MR) is 70.3 cm³/mol. The number of hydrogen-bond acceptors (Lipinski definition) is 2. The lowest BCUT2D eigenvalue weighted by Crippen LogP contribution is -1.90. The third-order valence-corrected chi connectivity index (χ3v) is 3.37. The van der Waals surface area contributed by atoms with Gasteiger partial charge < -0.3 is 10.3 Å².